The first-order chi connectivity index (χ1) is 8.31. The molecule has 0 spiro atoms. The van der Waals surface area contributed by atoms with Crippen LogP contribution >= 0.6 is 11.3 Å². The Hall–Kier alpha value is -1.93. The molecule has 2 rings (SSSR count). The number of aromatic nitrogens is 2. The summed E-state index contributed by atoms with van der Waals surface area (Å²) in [4.78, 5) is 9.33. The van der Waals surface area contributed by atoms with Crippen LogP contribution in [0.4, 0.5) is 0 Å². The van der Waals surface area contributed by atoms with Crippen LogP contribution < -0.4 is 4.74 Å². The van der Waals surface area contributed by atoms with Crippen molar-refractivity contribution < 1.29 is 4.74 Å². The monoisotopic (exact) mass is 245 g/mol. The molecule has 0 saturated heterocycles. The van der Waals surface area contributed by atoms with Gasteiger partial charge in [0.2, 0.25) is 0 Å². The van der Waals surface area contributed by atoms with Crippen LogP contribution in [0.2, 0.25) is 0 Å². The second kappa shape index (κ2) is 5.41. The van der Waals surface area contributed by atoms with Gasteiger partial charge in [-0.3, -0.25) is 4.98 Å². The number of aryl methyl sites for hydroxylation is 1. The number of pyridine rings is 1. The van der Waals surface area contributed by atoms with E-state index >= 15 is 0 Å². The summed E-state index contributed by atoms with van der Waals surface area (Å²) in [7, 11) is 0. The van der Waals surface area contributed by atoms with E-state index in [0.717, 1.165) is 12.1 Å². The first-order valence-corrected chi connectivity index (χ1v) is 6.05. The smallest absolute Gasteiger partial charge is 0.155 e. The molecule has 0 atom stereocenters. The lowest BCUT2D eigenvalue weighted by Crippen LogP contribution is -2.02. The van der Waals surface area contributed by atoms with Crippen LogP contribution in [-0.4, -0.2) is 16.6 Å². The molecule has 2 aromatic heterocycles. The van der Waals surface area contributed by atoms with Crippen LogP contribution in [0.15, 0.2) is 24.0 Å². The lowest BCUT2D eigenvalue weighted by atomic mass is 10.3. The molecule has 0 aliphatic carbocycles. The Bertz CT molecular complexity index is 545. The van der Waals surface area contributed by atoms with Gasteiger partial charge in [0.05, 0.1) is 29.6 Å². The molecular weight excluding hydrogens is 234 g/mol. The summed E-state index contributed by atoms with van der Waals surface area (Å²) in [5.74, 6) is 0.539. The van der Waals surface area contributed by atoms with Gasteiger partial charge in [-0.2, -0.15) is 5.26 Å². The molecule has 4 nitrogen and oxygen atoms in total. The third-order valence-electron chi connectivity index (χ3n) is 2.34. The number of nitriles is 1. The first kappa shape index (κ1) is 11.6. The summed E-state index contributed by atoms with van der Waals surface area (Å²) in [5, 5.41) is 8.88. The third kappa shape index (κ3) is 2.80. The van der Waals surface area contributed by atoms with E-state index in [1.807, 2.05) is 12.4 Å². The molecule has 0 fully saturated rings. The number of hydrogen-bond acceptors (Lipinski definition) is 5. The van der Waals surface area contributed by atoms with E-state index in [-0.39, 0.29) is 0 Å². The van der Waals surface area contributed by atoms with Gasteiger partial charge in [-0.05, 0) is 13.0 Å². The van der Waals surface area contributed by atoms with E-state index in [4.69, 9.17) is 10.00 Å². The van der Waals surface area contributed by atoms with Crippen molar-refractivity contribution in [3.8, 4) is 11.8 Å². The van der Waals surface area contributed by atoms with Crippen molar-refractivity contribution in [2.45, 2.75) is 13.3 Å². The second-order valence-corrected chi connectivity index (χ2v) is 4.38. The fraction of sp³-hybridized carbons (Fsp3) is 0.250. The van der Waals surface area contributed by atoms with Crippen molar-refractivity contribution in [3.63, 3.8) is 0 Å². The highest BCUT2D eigenvalue weighted by Crippen LogP contribution is 2.17. The maximum absolute atomic E-state index is 8.88. The standard InChI is InChI=1S/C12H11N3OS/c1-9-12(17-8-15-9)3-5-16-11-7-14-4-2-10(11)6-13/h2,4,7-8H,3,5H2,1H3. The van der Waals surface area contributed by atoms with Crippen LogP contribution in [0.3, 0.4) is 0 Å². The van der Waals surface area contributed by atoms with Crippen molar-refractivity contribution >= 4 is 11.3 Å². The van der Waals surface area contributed by atoms with Crippen LogP contribution in [0.25, 0.3) is 0 Å². The van der Waals surface area contributed by atoms with Crippen LogP contribution in [-0.2, 0) is 6.42 Å². The van der Waals surface area contributed by atoms with Crippen molar-refractivity contribution in [1.29, 1.82) is 5.26 Å². The average molecular weight is 245 g/mol. The van der Waals surface area contributed by atoms with Gasteiger partial charge in [0, 0.05) is 17.5 Å². The minimum atomic E-state index is 0.515. The molecule has 0 aliphatic rings. The van der Waals surface area contributed by atoms with Crippen LogP contribution in [0.1, 0.15) is 16.1 Å². The second-order valence-electron chi connectivity index (χ2n) is 3.44. The fourth-order valence-corrected chi connectivity index (χ4v) is 2.17. The Balaban J connectivity index is 1.95. The molecule has 86 valence electrons. The Kier molecular flexibility index (Phi) is 3.68. The molecule has 0 aliphatic heterocycles. The molecule has 2 heterocycles. The van der Waals surface area contributed by atoms with Crippen molar-refractivity contribution in [2.24, 2.45) is 0 Å². The average Bonchev–Trinajstić information content (AvgIpc) is 2.76. The Morgan fingerprint density at radius 3 is 3.12 bits per heavy atom. The summed E-state index contributed by atoms with van der Waals surface area (Å²) in [6.45, 7) is 2.51. The maximum atomic E-state index is 8.88. The van der Waals surface area contributed by atoms with Gasteiger partial charge in [-0.15, -0.1) is 11.3 Å². The highest BCUT2D eigenvalue weighted by atomic mass is 32.1. The molecule has 0 N–H and O–H groups in total. The minimum absolute atomic E-state index is 0.515. The van der Waals surface area contributed by atoms with Crippen LogP contribution in [0, 0.1) is 18.3 Å². The lowest BCUT2D eigenvalue weighted by molar-refractivity contribution is 0.320. The van der Waals surface area contributed by atoms with Gasteiger partial charge in [-0.1, -0.05) is 0 Å². The van der Waals surface area contributed by atoms with E-state index in [1.54, 1.807) is 29.8 Å². The topological polar surface area (TPSA) is 58.8 Å². The molecule has 2 aromatic rings. The van der Waals surface area contributed by atoms with Gasteiger partial charge in [-0.25, -0.2) is 4.98 Å². The minimum Gasteiger partial charge on any atom is -0.490 e. The predicted molar refractivity (Wildman–Crippen MR) is 65.0 cm³/mol. The molecule has 5 heteroatoms. The third-order valence-corrected chi connectivity index (χ3v) is 3.33. The predicted octanol–water partition coefficient (Wildman–Crippen LogP) is 2.34. The van der Waals surface area contributed by atoms with Gasteiger partial charge in [0.1, 0.15) is 6.07 Å². The molecule has 0 radical (unpaired) electrons. The van der Waals surface area contributed by atoms with E-state index in [2.05, 4.69) is 16.0 Å². The number of nitrogens with zero attached hydrogens (tertiary/aromatic N) is 3. The Labute approximate surface area is 104 Å². The van der Waals surface area contributed by atoms with Crippen molar-refractivity contribution in [2.75, 3.05) is 6.61 Å². The molecule has 17 heavy (non-hydrogen) atoms. The van der Waals surface area contributed by atoms with Gasteiger partial charge in [0.15, 0.2) is 5.75 Å². The first-order valence-electron chi connectivity index (χ1n) is 5.17. The molecule has 0 unspecified atom stereocenters. The van der Waals surface area contributed by atoms with E-state index in [1.165, 1.54) is 4.88 Å². The molecule has 0 amide bonds. The molecule has 0 aromatic carbocycles. The van der Waals surface area contributed by atoms with Gasteiger partial charge in [0.25, 0.3) is 0 Å². The van der Waals surface area contributed by atoms with Gasteiger partial charge >= 0.3 is 0 Å². The molecule has 0 saturated carbocycles. The highest BCUT2D eigenvalue weighted by molar-refractivity contribution is 7.09. The normalized spacial score (nSPS) is 9.88. The number of rotatable bonds is 4. The zero-order valence-electron chi connectivity index (χ0n) is 9.38. The van der Waals surface area contributed by atoms with Crippen molar-refractivity contribution in [1.82, 2.24) is 9.97 Å². The lowest BCUT2D eigenvalue weighted by Gasteiger charge is -2.06. The zero-order chi connectivity index (χ0) is 12.1. The Morgan fingerprint density at radius 2 is 2.41 bits per heavy atom. The van der Waals surface area contributed by atoms with Gasteiger partial charge < -0.3 is 4.74 Å². The quantitative estimate of drug-likeness (QED) is 0.829. The zero-order valence-corrected chi connectivity index (χ0v) is 10.2. The summed E-state index contributed by atoms with van der Waals surface area (Å²) in [5.41, 5.74) is 3.39. The van der Waals surface area contributed by atoms with E-state index in [9.17, 15) is 0 Å². The summed E-state index contributed by atoms with van der Waals surface area (Å²) < 4.78 is 5.55. The summed E-state index contributed by atoms with van der Waals surface area (Å²) >= 11 is 1.62. The molecule has 0 bridgehead atoms. The maximum Gasteiger partial charge on any atom is 0.155 e. The SMILES string of the molecule is Cc1ncsc1CCOc1cnccc1C#N. The number of hydrogen-bond donors (Lipinski definition) is 0. The Morgan fingerprint density at radius 1 is 1.53 bits per heavy atom. The van der Waals surface area contributed by atoms with E-state index in [0.29, 0.717) is 17.9 Å². The number of ether oxygens (including phenoxy) is 1. The summed E-state index contributed by atoms with van der Waals surface area (Å²) in [6, 6.07) is 3.72. The van der Waals surface area contributed by atoms with E-state index < -0.39 is 0 Å². The van der Waals surface area contributed by atoms with Crippen LogP contribution in [0.5, 0.6) is 5.75 Å². The fourth-order valence-electron chi connectivity index (χ4n) is 1.41. The summed E-state index contributed by atoms with van der Waals surface area (Å²) in [6.07, 6.45) is 3.95. The molecular formula is C12H11N3OS. The highest BCUT2D eigenvalue weighted by Gasteiger charge is 2.04. The largest absolute Gasteiger partial charge is 0.490 e. The van der Waals surface area contributed by atoms with Crippen molar-refractivity contribution in [3.05, 3.63) is 40.1 Å². The number of thiazole rings is 1.